The zero-order chi connectivity index (χ0) is 13.0. The number of hydrogen-bond acceptors (Lipinski definition) is 2. The lowest BCUT2D eigenvalue weighted by molar-refractivity contribution is 0.724. The Morgan fingerprint density at radius 3 is 2.83 bits per heavy atom. The van der Waals surface area contributed by atoms with Crippen molar-refractivity contribution in [2.24, 2.45) is 0 Å². The molecule has 0 atom stereocenters. The fourth-order valence-electron chi connectivity index (χ4n) is 1.73. The standard InChI is InChI=1S/C13H15Cl2N3/c1-16-6-2-3-10-8-17-18(9-10)11-4-5-12(14)13(15)7-11/h4-5,7-9,16H,2-3,6H2,1H3. The number of rotatable bonds is 5. The van der Waals surface area contributed by atoms with E-state index in [1.54, 1.807) is 6.07 Å². The van der Waals surface area contributed by atoms with Gasteiger partial charge in [0, 0.05) is 6.20 Å². The maximum Gasteiger partial charge on any atom is 0.0661 e. The van der Waals surface area contributed by atoms with Crippen LogP contribution in [0.1, 0.15) is 12.0 Å². The van der Waals surface area contributed by atoms with E-state index >= 15 is 0 Å². The summed E-state index contributed by atoms with van der Waals surface area (Å²) in [5.74, 6) is 0. The summed E-state index contributed by atoms with van der Waals surface area (Å²) in [5, 5.41) is 8.56. The second-order valence-corrected chi connectivity index (χ2v) is 4.91. The van der Waals surface area contributed by atoms with Gasteiger partial charge < -0.3 is 5.32 Å². The highest BCUT2D eigenvalue weighted by Gasteiger charge is 2.03. The van der Waals surface area contributed by atoms with E-state index in [1.165, 1.54) is 5.56 Å². The normalized spacial score (nSPS) is 10.8. The molecule has 2 rings (SSSR count). The Morgan fingerprint density at radius 1 is 1.28 bits per heavy atom. The van der Waals surface area contributed by atoms with Crippen molar-refractivity contribution in [2.75, 3.05) is 13.6 Å². The molecule has 18 heavy (non-hydrogen) atoms. The highest BCUT2D eigenvalue weighted by Crippen LogP contribution is 2.24. The largest absolute Gasteiger partial charge is 0.320 e. The second-order valence-electron chi connectivity index (χ2n) is 4.10. The molecule has 0 unspecified atom stereocenters. The minimum Gasteiger partial charge on any atom is -0.320 e. The first-order valence-electron chi connectivity index (χ1n) is 5.84. The summed E-state index contributed by atoms with van der Waals surface area (Å²) in [6.45, 7) is 1.01. The molecule has 1 aromatic carbocycles. The Hall–Kier alpha value is -1.03. The number of hydrogen-bond donors (Lipinski definition) is 1. The number of aryl methyl sites for hydroxylation is 1. The van der Waals surface area contributed by atoms with Gasteiger partial charge in [0.15, 0.2) is 0 Å². The van der Waals surface area contributed by atoms with Crippen LogP contribution < -0.4 is 5.32 Å². The van der Waals surface area contributed by atoms with Crippen molar-refractivity contribution in [1.82, 2.24) is 15.1 Å². The molecule has 1 heterocycles. The third-order valence-electron chi connectivity index (χ3n) is 2.70. The number of nitrogens with one attached hydrogen (secondary N) is 1. The SMILES string of the molecule is CNCCCc1cnn(-c2ccc(Cl)c(Cl)c2)c1. The van der Waals surface area contributed by atoms with E-state index in [0.29, 0.717) is 10.0 Å². The molecule has 0 saturated carbocycles. The Balaban J connectivity index is 2.11. The van der Waals surface area contributed by atoms with Crippen LogP contribution >= 0.6 is 23.2 Å². The Morgan fingerprint density at radius 2 is 2.11 bits per heavy atom. The molecule has 1 aromatic heterocycles. The molecule has 0 amide bonds. The monoisotopic (exact) mass is 283 g/mol. The summed E-state index contributed by atoms with van der Waals surface area (Å²) in [5.41, 5.74) is 2.14. The fraction of sp³-hybridized carbons (Fsp3) is 0.308. The van der Waals surface area contributed by atoms with E-state index in [2.05, 4.69) is 10.4 Å². The van der Waals surface area contributed by atoms with Gasteiger partial charge in [0.05, 0.1) is 21.9 Å². The second kappa shape index (κ2) is 6.23. The summed E-state index contributed by atoms with van der Waals surface area (Å²) in [6, 6.07) is 5.49. The predicted octanol–water partition coefficient (Wildman–Crippen LogP) is 3.33. The highest BCUT2D eigenvalue weighted by atomic mass is 35.5. The quantitative estimate of drug-likeness (QED) is 0.853. The summed E-state index contributed by atoms with van der Waals surface area (Å²) < 4.78 is 1.82. The Bertz CT molecular complexity index is 523. The van der Waals surface area contributed by atoms with Gasteiger partial charge in [-0.25, -0.2) is 4.68 Å². The van der Waals surface area contributed by atoms with Gasteiger partial charge in [-0.2, -0.15) is 5.10 Å². The molecule has 0 spiro atoms. The van der Waals surface area contributed by atoms with Gasteiger partial charge in [0.1, 0.15) is 0 Å². The molecule has 0 aliphatic carbocycles. The van der Waals surface area contributed by atoms with Gasteiger partial charge in [0.2, 0.25) is 0 Å². The average Bonchev–Trinajstić information content (AvgIpc) is 2.82. The van der Waals surface area contributed by atoms with Crippen molar-refractivity contribution in [3.8, 4) is 5.69 Å². The van der Waals surface area contributed by atoms with Crippen LogP contribution in [0.5, 0.6) is 0 Å². The maximum atomic E-state index is 5.99. The molecule has 1 N–H and O–H groups in total. The minimum absolute atomic E-state index is 0.543. The van der Waals surface area contributed by atoms with Crippen molar-refractivity contribution < 1.29 is 0 Å². The molecule has 0 aliphatic rings. The predicted molar refractivity (Wildman–Crippen MR) is 75.8 cm³/mol. The van der Waals surface area contributed by atoms with Crippen LogP contribution in [-0.2, 0) is 6.42 Å². The molecule has 5 heteroatoms. The molecule has 96 valence electrons. The van der Waals surface area contributed by atoms with Crippen LogP contribution in [0.15, 0.2) is 30.6 Å². The molecule has 0 fully saturated rings. The molecule has 2 aromatic rings. The number of halogens is 2. The van der Waals surface area contributed by atoms with Crippen molar-refractivity contribution in [1.29, 1.82) is 0 Å². The molecule has 0 aliphatic heterocycles. The lowest BCUT2D eigenvalue weighted by atomic mass is 10.2. The zero-order valence-electron chi connectivity index (χ0n) is 10.2. The van der Waals surface area contributed by atoms with E-state index in [0.717, 1.165) is 25.1 Å². The van der Waals surface area contributed by atoms with E-state index < -0.39 is 0 Å². The fourth-order valence-corrected chi connectivity index (χ4v) is 2.02. The van der Waals surface area contributed by atoms with Gasteiger partial charge in [0.25, 0.3) is 0 Å². The van der Waals surface area contributed by atoms with Gasteiger partial charge in [-0.15, -0.1) is 0 Å². The summed E-state index contributed by atoms with van der Waals surface area (Å²) >= 11 is 11.9. The van der Waals surface area contributed by atoms with Crippen LogP contribution in [0, 0.1) is 0 Å². The first-order valence-corrected chi connectivity index (χ1v) is 6.60. The van der Waals surface area contributed by atoms with E-state index in [1.807, 2.05) is 36.3 Å². The highest BCUT2D eigenvalue weighted by molar-refractivity contribution is 6.42. The molecule has 0 bridgehead atoms. The van der Waals surface area contributed by atoms with E-state index in [4.69, 9.17) is 23.2 Å². The minimum atomic E-state index is 0.543. The van der Waals surface area contributed by atoms with Crippen molar-refractivity contribution in [2.45, 2.75) is 12.8 Å². The number of nitrogens with zero attached hydrogens (tertiary/aromatic N) is 2. The lowest BCUT2D eigenvalue weighted by Crippen LogP contribution is -2.08. The third-order valence-corrected chi connectivity index (χ3v) is 3.44. The van der Waals surface area contributed by atoms with E-state index in [-0.39, 0.29) is 0 Å². The van der Waals surface area contributed by atoms with Crippen LogP contribution in [0.4, 0.5) is 0 Å². The third kappa shape index (κ3) is 3.25. The molecule has 0 radical (unpaired) electrons. The van der Waals surface area contributed by atoms with Gasteiger partial charge >= 0.3 is 0 Å². The Kier molecular flexibility index (Phi) is 4.64. The first-order chi connectivity index (χ1) is 8.70. The molecule has 0 saturated heterocycles. The van der Waals surface area contributed by atoms with Gasteiger partial charge in [-0.3, -0.25) is 0 Å². The van der Waals surface area contributed by atoms with Crippen LogP contribution in [-0.4, -0.2) is 23.4 Å². The first kappa shape index (κ1) is 13.4. The van der Waals surface area contributed by atoms with Crippen LogP contribution in [0.25, 0.3) is 5.69 Å². The maximum absolute atomic E-state index is 5.99. The molecular weight excluding hydrogens is 269 g/mol. The van der Waals surface area contributed by atoms with Crippen molar-refractivity contribution >= 4 is 23.2 Å². The average molecular weight is 284 g/mol. The number of aromatic nitrogens is 2. The van der Waals surface area contributed by atoms with Crippen LogP contribution in [0.2, 0.25) is 10.0 Å². The number of benzene rings is 1. The van der Waals surface area contributed by atoms with Crippen molar-refractivity contribution in [3.63, 3.8) is 0 Å². The van der Waals surface area contributed by atoms with Gasteiger partial charge in [-0.05, 0) is 50.2 Å². The molecule has 3 nitrogen and oxygen atoms in total. The topological polar surface area (TPSA) is 29.9 Å². The van der Waals surface area contributed by atoms with E-state index in [9.17, 15) is 0 Å². The lowest BCUT2D eigenvalue weighted by Gasteiger charge is -2.02. The summed E-state index contributed by atoms with van der Waals surface area (Å²) in [7, 11) is 1.96. The van der Waals surface area contributed by atoms with Crippen molar-refractivity contribution in [3.05, 3.63) is 46.2 Å². The molecular formula is C13H15Cl2N3. The smallest absolute Gasteiger partial charge is 0.0661 e. The van der Waals surface area contributed by atoms with Crippen LogP contribution in [0.3, 0.4) is 0 Å². The Labute approximate surface area is 117 Å². The van der Waals surface area contributed by atoms with Gasteiger partial charge in [-0.1, -0.05) is 23.2 Å². The summed E-state index contributed by atoms with van der Waals surface area (Å²) in [4.78, 5) is 0. The zero-order valence-corrected chi connectivity index (χ0v) is 11.7. The summed E-state index contributed by atoms with van der Waals surface area (Å²) in [6.07, 6.45) is 6.03.